The van der Waals surface area contributed by atoms with Crippen LogP contribution in [0.2, 0.25) is 0 Å². The van der Waals surface area contributed by atoms with E-state index in [1.165, 1.54) is 23.3 Å². The largest absolute Gasteiger partial charge is 0.398 e. The predicted molar refractivity (Wildman–Crippen MR) is 84.2 cm³/mol. The van der Waals surface area contributed by atoms with Gasteiger partial charge in [-0.15, -0.1) is 0 Å². The maximum absolute atomic E-state index is 11.8. The SMILES string of the molecule is CCc1nsc(SCC(=O)Nc2ccc(C)c(N)c2)n1. The van der Waals surface area contributed by atoms with Crippen LogP contribution in [0.3, 0.4) is 0 Å². The molecule has 1 aromatic heterocycles. The number of hydrogen-bond acceptors (Lipinski definition) is 6. The summed E-state index contributed by atoms with van der Waals surface area (Å²) in [4.78, 5) is 16.1. The summed E-state index contributed by atoms with van der Waals surface area (Å²) in [6.45, 7) is 3.93. The summed E-state index contributed by atoms with van der Waals surface area (Å²) in [7, 11) is 0. The number of benzene rings is 1. The van der Waals surface area contributed by atoms with Crippen molar-refractivity contribution in [1.82, 2.24) is 9.36 Å². The second-order valence-electron chi connectivity index (χ2n) is 4.24. The first-order valence-corrected chi connectivity index (χ1v) is 7.95. The number of thioether (sulfide) groups is 1. The van der Waals surface area contributed by atoms with Gasteiger partial charge in [-0.05, 0) is 36.2 Å². The van der Waals surface area contributed by atoms with Crippen molar-refractivity contribution in [2.75, 3.05) is 16.8 Å². The molecule has 3 N–H and O–H groups in total. The highest BCUT2D eigenvalue weighted by atomic mass is 32.2. The Morgan fingerprint density at radius 3 is 2.95 bits per heavy atom. The van der Waals surface area contributed by atoms with Crippen LogP contribution in [0.4, 0.5) is 11.4 Å². The minimum absolute atomic E-state index is 0.0773. The summed E-state index contributed by atoms with van der Waals surface area (Å²) in [5, 5.41) is 2.82. The van der Waals surface area contributed by atoms with Crippen LogP contribution in [0.25, 0.3) is 0 Å². The third kappa shape index (κ3) is 3.94. The van der Waals surface area contributed by atoms with Crippen molar-refractivity contribution < 1.29 is 4.79 Å². The summed E-state index contributed by atoms with van der Waals surface area (Å²) in [5.41, 5.74) is 8.19. The van der Waals surface area contributed by atoms with Crippen molar-refractivity contribution in [2.45, 2.75) is 24.6 Å². The molecule has 0 fully saturated rings. The van der Waals surface area contributed by atoms with E-state index in [2.05, 4.69) is 14.7 Å². The number of nitrogen functional groups attached to an aromatic ring is 1. The predicted octanol–water partition coefficient (Wildman–Crippen LogP) is 2.72. The van der Waals surface area contributed by atoms with Crippen LogP contribution < -0.4 is 11.1 Å². The Labute approximate surface area is 126 Å². The number of nitrogens with zero attached hydrogens (tertiary/aromatic N) is 2. The zero-order valence-corrected chi connectivity index (χ0v) is 13.0. The molecule has 0 radical (unpaired) electrons. The number of hydrogen-bond donors (Lipinski definition) is 2. The molecule has 0 bridgehead atoms. The van der Waals surface area contributed by atoms with E-state index in [0.717, 1.165) is 22.1 Å². The van der Waals surface area contributed by atoms with Crippen LogP contribution in [0, 0.1) is 6.92 Å². The molecule has 20 heavy (non-hydrogen) atoms. The van der Waals surface area contributed by atoms with Crippen LogP contribution in [-0.4, -0.2) is 21.0 Å². The summed E-state index contributed by atoms with van der Waals surface area (Å²) in [5.74, 6) is 1.06. The van der Waals surface area contributed by atoms with E-state index in [0.29, 0.717) is 17.1 Å². The number of carbonyl (C=O) groups excluding carboxylic acids is 1. The maximum Gasteiger partial charge on any atom is 0.234 e. The van der Waals surface area contributed by atoms with E-state index in [1.807, 2.05) is 26.0 Å². The number of nitrogens with two attached hydrogens (primary N) is 1. The fraction of sp³-hybridized carbons (Fsp3) is 0.308. The second-order valence-corrected chi connectivity index (χ2v) is 6.21. The molecular weight excluding hydrogens is 292 g/mol. The van der Waals surface area contributed by atoms with E-state index in [-0.39, 0.29) is 5.91 Å². The smallest absolute Gasteiger partial charge is 0.234 e. The third-order valence-electron chi connectivity index (χ3n) is 2.66. The highest BCUT2D eigenvalue weighted by Crippen LogP contribution is 2.21. The maximum atomic E-state index is 11.8. The minimum Gasteiger partial charge on any atom is -0.398 e. The molecule has 0 aliphatic carbocycles. The number of aryl methyl sites for hydroxylation is 2. The van der Waals surface area contributed by atoms with Gasteiger partial charge < -0.3 is 11.1 Å². The van der Waals surface area contributed by atoms with Crippen molar-refractivity contribution in [3.63, 3.8) is 0 Å². The highest BCUT2D eigenvalue weighted by molar-refractivity contribution is 8.01. The number of aromatic nitrogens is 2. The number of anilines is 2. The molecule has 2 aromatic rings. The monoisotopic (exact) mass is 308 g/mol. The van der Waals surface area contributed by atoms with Crippen molar-refractivity contribution in [3.8, 4) is 0 Å². The first-order chi connectivity index (χ1) is 9.58. The first-order valence-electron chi connectivity index (χ1n) is 6.20. The normalized spacial score (nSPS) is 10.5. The molecule has 7 heteroatoms. The lowest BCUT2D eigenvalue weighted by molar-refractivity contribution is -0.113. The van der Waals surface area contributed by atoms with Gasteiger partial charge in [0.2, 0.25) is 5.91 Å². The van der Waals surface area contributed by atoms with Gasteiger partial charge in [0.1, 0.15) is 5.82 Å². The lowest BCUT2D eigenvalue weighted by Crippen LogP contribution is -2.14. The quantitative estimate of drug-likeness (QED) is 0.655. The van der Waals surface area contributed by atoms with Gasteiger partial charge in [-0.1, -0.05) is 24.8 Å². The minimum atomic E-state index is -0.0773. The topological polar surface area (TPSA) is 80.9 Å². The van der Waals surface area contributed by atoms with Crippen LogP contribution in [0.1, 0.15) is 18.3 Å². The molecule has 2 rings (SSSR count). The van der Waals surface area contributed by atoms with E-state index >= 15 is 0 Å². The Bertz CT molecular complexity index is 612. The third-order valence-corrected chi connectivity index (χ3v) is 4.53. The fourth-order valence-electron chi connectivity index (χ4n) is 1.48. The van der Waals surface area contributed by atoms with Crippen molar-refractivity contribution in [3.05, 3.63) is 29.6 Å². The average molecular weight is 308 g/mol. The standard InChI is InChI=1S/C13H16N4OS2/c1-3-11-16-13(20-17-11)19-7-12(18)15-9-5-4-8(2)10(14)6-9/h4-6H,3,7,14H2,1-2H3,(H,15,18). The fourth-order valence-corrected chi connectivity index (χ4v) is 2.98. The van der Waals surface area contributed by atoms with Crippen LogP contribution in [0.15, 0.2) is 22.5 Å². The molecule has 0 unspecified atom stereocenters. The Kier molecular flexibility index (Phi) is 4.97. The van der Waals surface area contributed by atoms with Crippen LogP contribution in [-0.2, 0) is 11.2 Å². The first kappa shape index (κ1) is 14.8. The van der Waals surface area contributed by atoms with E-state index in [9.17, 15) is 4.79 Å². The van der Waals surface area contributed by atoms with Gasteiger partial charge in [-0.25, -0.2) is 4.98 Å². The highest BCUT2D eigenvalue weighted by Gasteiger charge is 2.08. The van der Waals surface area contributed by atoms with E-state index in [1.54, 1.807) is 6.07 Å². The molecule has 0 atom stereocenters. The lowest BCUT2D eigenvalue weighted by atomic mass is 10.2. The Hall–Kier alpha value is -1.60. The van der Waals surface area contributed by atoms with Gasteiger partial charge >= 0.3 is 0 Å². The van der Waals surface area contributed by atoms with Crippen molar-refractivity contribution in [2.24, 2.45) is 0 Å². The zero-order valence-electron chi connectivity index (χ0n) is 11.3. The molecule has 1 aromatic carbocycles. The number of rotatable bonds is 5. The number of amides is 1. The molecule has 0 aliphatic heterocycles. The average Bonchev–Trinajstić information content (AvgIpc) is 2.89. The molecule has 5 nitrogen and oxygen atoms in total. The summed E-state index contributed by atoms with van der Waals surface area (Å²) < 4.78 is 5.00. The Morgan fingerprint density at radius 2 is 2.30 bits per heavy atom. The molecule has 0 spiro atoms. The molecule has 1 heterocycles. The van der Waals surface area contributed by atoms with E-state index in [4.69, 9.17) is 5.73 Å². The lowest BCUT2D eigenvalue weighted by Gasteiger charge is -2.06. The van der Waals surface area contributed by atoms with Gasteiger partial charge in [-0.2, -0.15) is 4.37 Å². The summed E-state index contributed by atoms with van der Waals surface area (Å²) in [6, 6.07) is 5.49. The number of nitrogens with one attached hydrogen (secondary N) is 1. The molecule has 106 valence electrons. The van der Waals surface area contributed by atoms with Crippen LogP contribution in [0.5, 0.6) is 0 Å². The Morgan fingerprint density at radius 1 is 1.50 bits per heavy atom. The summed E-state index contributed by atoms with van der Waals surface area (Å²) in [6.07, 6.45) is 0.811. The van der Waals surface area contributed by atoms with E-state index < -0.39 is 0 Å². The molecule has 0 aliphatic rings. The van der Waals surface area contributed by atoms with Crippen molar-refractivity contribution >= 4 is 40.6 Å². The molecule has 0 saturated carbocycles. The molecule has 1 amide bonds. The van der Waals surface area contributed by atoms with Gasteiger partial charge in [0, 0.05) is 17.8 Å². The molecular formula is C13H16N4OS2. The van der Waals surface area contributed by atoms with Crippen LogP contribution >= 0.6 is 23.3 Å². The molecule has 0 saturated heterocycles. The van der Waals surface area contributed by atoms with Gasteiger partial charge in [-0.3, -0.25) is 4.79 Å². The van der Waals surface area contributed by atoms with Gasteiger partial charge in [0.15, 0.2) is 4.34 Å². The van der Waals surface area contributed by atoms with Crippen molar-refractivity contribution in [1.29, 1.82) is 0 Å². The van der Waals surface area contributed by atoms with Gasteiger partial charge in [0.05, 0.1) is 5.75 Å². The van der Waals surface area contributed by atoms with Gasteiger partial charge in [0.25, 0.3) is 0 Å². The Balaban J connectivity index is 1.87. The number of carbonyl (C=O) groups is 1. The second kappa shape index (κ2) is 6.71. The summed E-state index contributed by atoms with van der Waals surface area (Å²) >= 11 is 2.72. The zero-order chi connectivity index (χ0) is 14.5.